The Bertz CT molecular complexity index is 939. The van der Waals surface area contributed by atoms with Crippen LogP contribution in [0.5, 0.6) is 0 Å². The van der Waals surface area contributed by atoms with E-state index in [1.165, 1.54) is 63.1 Å². The van der Waals surface area contributed by atoms with Crippen molar-refractivity contribution in [2.24, 2.45) is 23.5 Å². The molecule has 0 aliphatic heterocycles. The highest BCUT2D eigenvalue weighted by atomic mass is 32.3. The van der Waals surface area contributed by atoms with Crippen LogP contribution in [0.3, 0.4) is 0 Å². The van der Waals surface area contributed by atoms with E-state index in [0.717, 1.165) is 51.4 Å². The second kappa shape index (κ2) is 30.4. The van der Waals surface area contributed by atoms with Crippen molar-refractivity contribution >= 4 is 40.0 Å². The van der Waals surface area contributed by atoms with Gasteiger partial charge in [0.15, 0.2) is 0 Å². The van der Waals surface area contributed by atoms with Crippen molar-refractivity contribution in [3.8, 4) is 0 Å². The monoisotopic (exact) mass is 726 g/mol. The predicted octanol–water partition coefficient (Wildman–Crippen LogP) is 6.47. The number of carbonyl (C=O) groups is 3. The van der Waals surface area contributed by atoms with Crippen molar-refractivity contribution in [2.75, 3.05) is 37.9 Å². The highest BCUT2D eigenvalue weighted by Gasteiger charge is 2.32. The second-order valence-electron chi connectivity index (χ2n) is 12.8. The molecular weight excluding hydrogens is 661 g/mol. The Kier molecular flexibility index (Phi) is 29.5. The molecule has 48 heavy (non-hydrogen) atoms. The maximum Gasteiger partial charge on any atom is 0.397 e. The SMILES string of the molecule is CCCCCCCCCCC(CC(CSC[C@H](N)C(=O)NCCOCCOS(=O)(=O)O)[C@@H](CCCCCCCCCC)C(=O)O)C(=O)O. The highest BCUT2D eigenvalue weighted by Crippen LogP contribution is 2.32. The van der Waals surface area contributed by atoms with Gasteiger partial charge in [0.25, 0.3) is 0 Å². The summed E-state index contributed by atoms with van der Waals surface area (Å²) in [6.45, 7) is 4.13. The van der Waals surface area contributed by atoms with Crippen molar-refractivity contribution < 1.29 is 46.5 Å². The Morgan fingerprint density at radius 2 is 1.25 bits per heavy atom. The molecule has 0 aromatic carbocycles. The maximum absolute atomic E-state index is 12.5. The summed E-state index contributed by atoms with van der Waals surface area (Å²) in [7, 11) is -4.53. The third-order valence-corrected chi connectivity index (χ3v) is 10.3. The Hall–Kier alpha value is -1.45. The van der Waals surface area contributed by atoms with Crippen LogP contribution in [0, 0.1) is 17.8 Å². The Morgan fingerprint density at radius 1 is 0.729 bits per heavy atom. The zero-order chi connectivity index (χ0) is 36.0. The Morgan fingerprint density at radius 3 is 1.75 bits per heavy atom. The van der Waals surface area contributed by atoms with Crippen molar-refractivity contribution in [1.29, 1.82) is 0 Å². The summed E-state index contributed by atoms with van der Waals surface area (Å²) in [5.41, 5.74) is 6.09. The average Bonchev–Trinajstić information content (AvgIpc) is 3.02. The summed E-state index contributed by atoms with van der Waals surface area (Å²) >= 11 is 1.38. The Balaban J connectivity index is 5.05. The molecule has 12 nitrogen and oxygen atoms in total. The van der Waals surface area contributed by atoms with Crippen LogP contribution in [0.25, 0.3) is 0 Å². The van der Waals surface area contributed by atoms with E-state index in [2.05, 4.69) is 23.3 Å². The molecule has 0 heterocycles. The van der Waals surface area contributed by atoms with E-state index in [1.54, 1.807) is 0 Å². The lowest BCUT2D eigenvalue weighted by atomic mass is 9.81. The van der Waals surface area contributed by atoms with Gasteiger partial charge in [-0.2, -0.15) is 20.2 Å². The van der Waals surface area contributed by atoms with Crippen molar-refractivity contribution in [3.63, 3.8) is 0 Å². The molecule has 6 N–H and O–H groups in total. The van der Waals surface area contributed by atoms with E-state index >= 15 is 0 Å². The van der Waals surface area contributed by atoms with Crippen LogP contribution < -0.4 is 11.1 Å². The van der Waals surface area contributed by atoms with E-state index < -0.39 is 46.1 Å². The lowest BCUT2D eigenvalue weighted by Crippen LogP contribution is -2.43. The molecule has 4 atom stereocenters. The fraction of sp³-hybridized carbons (Fsp3) is 0.912. The van der Waals surface area contributed by atoms with Gasteiger partial charge in [0.1, 0.15) is 0 Å². The summed E-state index contributed by atoms with van der Waals surface area (Å²) < 4.78 is 38.8. The van der Waals surface area contributed by atoms with Crippen molar-refractivity contribution in [2.45, 2.75) is 142 Å². The zero-order valence-corrected chi connectivity index (χ0v) is 31.2. The van der Waals surface area contributed by atoms with Crippen LogP contribution in [0.2, 0.25) is 0 Å². The van der Waals surface area contributed by atoms with Gasteiger partial charge in [0, 0.05) is 12.3 Å². The van der Waals surface area contributed by atoms with E-state index in [-0.39, 0.29) is 44.5 Å². The number of nitrogens with two attached hydrogens (primary N) is 1. The van der Waals surface area contributed by atoms with E-state index in [0.29, 0.717) is 18.6 Å². The number of thioether (sulfide) groups is 1. The normalized spacial score (nSPS) is 14.3. The molecule has 0 rings (SSSR count). The average molecular weight is 727 g/mol. The lowest BCUT2D eigenvalue weighted by molar-refractivity contribution is -0.147. The summed E-state index contributed by atoms with van der Waals surface area (Å²) in [5, 5.41) is 22.9. The van der Waals surface area contributed by atoms with Crippen LogP contribution in [-0.2, 0) is 33.7 Å². The van der Waals surface area contributed by atoms with Crippen LogP contribution in [0.1, 0.15) is 136 Å². The van der Waals surface area contributed by atoms with Crippen LogP contribution >= 0.6 is 11.8 Å². The second-order valence-corrected chi connectivity index (χ2v) is 15.0. The first kappa shape index (κ1) is 46.5. The largest absolute Gasteiger partial charge is 0.481 e. The first-order valence-corrected chi connectivity index (χ1v) is 20.7. The molecule has 0 aromatic heterocycles. The molecule has 0 fully saturated rings. The smallest absolute Gasteiger partial charge is 0.397 e. The number of hydrogen-bond acceptors (Lipinski definition) is 9. The number of rotatable bonds is 35. The van der Waals surface area contributed by atoms with Gasteiger partial charge >= 0.3 is 22.3 Å². The quantitative estimate of drug-likeness (QED) is 0.0352. The summed E-state index contributed by atoms with van der Waals surface area (Å²) in [4.78, 5) is 37.3. The van der Waals surface area contributed by atoms with Gasteiger partial charge in [0.05, 0.1) is 37.7 Å². The molecular formula is C34H66N2O10S2. The number of carboxylic acids is 2. The maximum atomic E-state index is 12.5. The summed E-state index contributed by atoms with van der Waals surface area (Å²) in [5.74, 6) is -3.19. The molecule has 0 aromatic rings. The van der Waals surface area contributed by atoms with E-state index in [9.17, 15) is 33.0 Å². The third-order valence-electron chi connectivity index (χ3n) is 8.57. The van der Waals surface area contributed by atoms with Crippen LogP contribution in [-0.4, -0.2) is 84.9 Å². The first-order valence-electron chi connectivity index (χ1n) is 18.2. The number of amides is 1. The minimum Gasteiger partial charge on any atom is -0.481 e. The van der Waals surface area contributed by atoms with Gasteiger partial charge in [0.2, 0.25) is 5.91 Å². The summed E-state index contributed by atoms with van der Waals surface area (Å²) in [6.07, 6.45) is 19.0. The molecule has 14 heteroatoms. The minimum absolute atomic E-state index is 0.0803. The van der Waals surface area contributed by atoms with Gasteiger partial charge in [-0.15, -0.1) is 0 Å². The van der Waals surface area contributed by atoms with Gasteiger partial charge in [-0.05, 0) is 30.9 Å². The zero-order valence-electron chi connectivity index (χ0n) is 29.6. The van der Waals surface area contributed by atoms with Crippen LogP contribution in [0.4, 0.5) is 0 Å². The topological polar surface area (TPSA) is 203 Å². The fourth-order valence-electron chi connectivity index (χ4n) is 5.74. The fourth-order valence-corrected chi connectivity index (χ4v) is 7.23. The van der Waals surface area contributed by atoms with Crippen molar-refractivity contribution in [3.05, 3.63) is 0 Å². The number of hydrogen-bond donors (Lipinski definition) is 5. The van der Waals surface area contributed by atoms with E-state index in [1.807, 2.05) is 0 Å². The molecule has 0 aliphatic carbocycles. The Labute approximate surface area is 294 Å². The van der Waals surface area contributed by atoms with Crippen molar-refractivity contribution in [1.82, 2.24) is 5.32 Å². The molecule has 0 bridgehead atoms. The molecule has 0 saturated carbocycles. The van der Waals surface area contributed by atoms with Gasteiger partial charge in [-0.3, -0.25) is 18.9 Å². The number of aliphatic carboxylic acids is 2. The lowest BCUT2D eigenvalue weighted by Gasteiger charge is -2.27. The molecule has 0 aliphatic rings. The van der Waals surface area contributed by atoms with Crippen LogP contribution in [0.15, 0.2) is 0 Å². The molecule has 0 radical (unpaired) electrons. The number of nitrogens with one attached hydrogen (secondary N) is 1. The molecule has 0 saturated heterocycles. The van der Waals surface area contributed by atoms with Gasteiger partial charge in [-0.25, -0.2) is 4.18 Å². The number of ether oxygens (including phenoxy) is 1. The molecule has 284 valence electrons. The number of carboxylic acid groups (broad SMARTS) is 2. The molecule has 1 amide bonds. The summed E-state index contributed by atoms with van der Waals surface area (Å²) in [6, 6.07) is -0.859. The minimum atomic E-state index is -4.53. The first-order chi connectivity index (χ1) is 22.9. The van der Waals surface area contributed by atoms with E-state index in [4.69, 9.17) is 15.0 Å². The standard InChI is InChI=1S/C34H66N2O10S2/c1-3-5-7-9-11-13-15-17-19-28(33(38)39)25-29(30(34(40)41)20-18-16-14-12-10-8-6-4-2)26-47-27-31(35)32(37)36-21-22-45-23-24-46-48(42,43)44/h28-31H,3-27,35H2,1-2H3,(H,36,37)(H,38,39)(H,40,41)(H,42,43,44)/t28?,29?,30-,31+/m1/s1. The predicted molar refractivity (Wildman–Crippen MR) is 191 cm³/mol. The third kappa shape index (κ3) is 27.4. The number of unbranched alkanes of at least 4 members (excludes halogenated alkanes) is 14. The molecule has 0 spiro atoms. The van der Waals surface area contributed by atoms with Gasteiger partial charge in [-0.1, -0.05) is 117 Å². The number of carbonyl (C=O) groups excluding carboxylic acids is 1. The van der Waals surface area contributed by atoms with Gasteiger partial charge < -0.3 is 26.0 Å². The molecule has 2 unspecified atom stereocenters. The highest BCUT2D eigenvalue weighted by molar-refractivity contribution is 7.99.